The largest absolute Gasteiger partial charge is 0.439 e. The topological polar surface area (TPSA) is 47.0 Å². The highest BCUT2D eigenvalue weighted by molar-refractivity contribution is 5.38. The summed E-state index contributed by atoms with van der Waals surface area (Å²) < 4.78 is 30.9. The van der Waals surface area contributed by atoms with E-state index in [1.807, 2.05) is 0 Å². The summed E-state index contributed by atoms with van der Waals surface area (Å²) in [5, 5.41) is 2.81. The predicted molar refractivity (Wildman–Crippen MR) is 58.0 cm³/mol. The summed E-state index contributed by atoms with van der Waals surface area (Å²) in [5.74, 6) is -0.904. The van der Waals surface area contributed by atoms with Crippen LogP contribution < -0.4 is 10.1 Å². The van der Waals surface area contributed by atoms with Gasteiger partial charge in [0.15, 0.2) is 11.6 Å². The van der Waals surface area contributed by atoms with E-state index >= 15 is 0 Å². The summed E-state index contributed by atoms with van der Waals surface area (Å²) in [6.07, 6.45) is 1.31. The summed E-state index contributed by atoms with van der Waals surface area (Å²) in [5.41, 5.74) is 0. The Morgan fingerprint density at radius 1 is 1.12 bits per heavy atom. The first-order chi connectivity index (χ1) is 8.19. The minimum atomic E-state index is -0.967. The van der Waals surface area contributed by atoms with Crippen molar-refractivity contribution < 1.29 is 13.5 Å². The molecule has 88 valence electrons. The van der Waals surface area contributed by atoms with Crippen LogP contribution in [0.25, 0.3) is 0 Å². The highest BCUT2D eigenvalue weighted by Gasteiger charge is 2.05. The van der Waals surface area contributed by atoms with Gasteiger partial charge in [-0.2, -0.15) is 0 Å². The summed E-state index contributed by atoms with van der Waals surface area (Å²) in [7, 11) is 1.70. The van der Waals surface area contributed by atoms with Crippen LogP contribution in [0, 0.1) is 11.6 Å². The summed E-state index contributed by atoms with van der Waals surface area (Å²) in [6.45, 7) is 0. The van der Waals surface area contributed by atoms with Crippen molar-refractivity contribution in [3.05, 3.63) is 42.2 Å². The van der Waals surface area contributed by atoms with E-state index in [0.717, 1.165) is 12.1 Å². The number of anilines is 1. The van der Waals surface area contributed by atoms with Gasteiger partial charge in [-0.25, -0.2) is 18.7 Å². The second kappa shape index (κ2) is 4.73. The minimum absolute atomic E-state index is 0.171. The van der Waals surface area contributed by atoms with Gasteiger partial charge in [-0.3, -0.25) is 0 Å². The molecule has 0 aliphatic rings. The number of nitrogens with zero attached hydrogens (tertiary/aromatic N) is 2. The molecule has 0 atom stereocenters. The average molecular weight is 237 g/mol. The first kappa shape index (κ1) is 11.3. The Morgan fingerprint density at radius 2 is 1.94 bits per heavy atom. The molecule has 4 nitrogen and oxygen atoms in total. The van der Waals surface area contributed by atoms with Crippen LogP contribution in [0.5, 0.6) is 11.6 Å². The first-order valence-electron chi connectivity index (χ1n) is 4.82. The van der Waals surface area contributed by atoms with Crippen molar-refractivity contribution in [2.24, 2.45) is 0 Å². The Labute approximate surface area is 96.3 Å². The lowest BCUT2D eigenvalue weighted by molar-refractivity contribution is 0.447. The zero-order valence-corrected chi connectivity index (χ0v) is 8.95. The van der Waals surface area contributed by atoms with Crippen molar-refractivity contribution >= 4 is 5.82 Å². The van der Waals surface area contributed by atoms with Crippen molar-refractivity contribution in [1.82, 2.24) is 9.97 Å². The third kappa shape index (κ3) is 2.66. The molecule has 17 heavy (non-hydrogen) atoms. The SMILES string of the molecule is CNc1cc(Oc2ccc(F)c(F)c2)ncn1. The second-order valence-corrected chi connectivity index (χ2v) is 3.17. The lowest BCUT2D eigenvalue weighted by Gasteiger charge is -2.05. The van der Waals surface area contributed by atoms with Crippen LogP contribution in [0.4, 0.5) is 14.6 Å². The van der Waals surface area contributed by atoms with Gasteiger partial charge in [0.25, 0.3) is 0 Å². The number of aromatic nitrogens is 2. The van der Waals surface area contributed by atoms with Crippen LogP contribution in [-0.4, -0.2) is 17.0 Å². The van der Waals surface area contributed by atoms with E-state index in [4.69, 9.17) is 4.74 Å². The van der Waals surface area contributed by atoms with Crippen LogP contribution in [-0.2, 0) is 0 Å². The Kier molecular flexibility index (Phi) is 3.13. The summed E-state index contributed by atoms with van der Waals surface area (Å²) in [6, 6.07) is 4.81. The molecule has 0 bridgehead atoms. The quantitative estimate of drug-likeness (QED) is 0.891. The smallest absolute Gasteiger partial charge is 0.224 e. The number of hydrogen-bond donors (Lipinski definition) is 1. The minimum Gasteiger partial charge on any atom is -0.439 e. The maximum atomic E-state index is 12.9. The molecule has 0 saturated heterocycles. The Morgan fingerprint density at radius 3 is 2.65 bits per heavy atom. The van der Waals surface area contributed by atoms with E-state index in [1.54, 1.807) is 13.1 Å². The maximum Gasteiger partial charge on any atom is 0.224 e. The Bertz CT molecular complexity index is 534. The van der Waals surface area contributed by atoms with Gasteiger partial charge in [0.05, 0.1) is 0 Å². The molecule has 0 saturated carbocycles. The average Bonchev–Trinajstić information content (AvgIpc) is 2.34. The van der Waals surface area contributed by atoms with Crippen LogP contribution in [0.1, 0.15) is 0 Å². The fourth-order valence-corrected chi connectivity index (χ4v) is 1.19. The van der Waals surface area contributed by atoms with Crippen LogP contribution in [0.3, 0.4) is 0 Å². The molecule has 0 aliphatic carbocycles. The molecule has 1 heterocycles. The van der Waals surface area contributed by atoms with Gasteiger partial charge in [-0.1, -0.05) is 0 Å². The molecule has 0 aliphatic heterocycles. The molecule has 1 aromatic heterocycles. The zero-order chi connectivity index (χ0) is 12.3. The maximum absolute atomic E-state index is 12.9. The normalized spacial score (nSPS) is 10.1. The fraction of sp³-hybridized carbons (Fsp3) is 0.0909. The van der Waals surface area contributed by atoms with E-state index in [0.29, 0.717) is 5.82 Å². The Balaban J connectivity index is 2.22. The third-order valence-electron chi connectivity index (χ3n) is 2.01. The van der Waals surface area contributed by atoms with Gasteiger partial charge < -0.3 is 10.1 Å². The molecule has 2 aromatic rings. The Hall–Kier alpha value is -2.24. The second-order valence-electron chi connectivity index (χ2n) is 3.17. The molecule has 0 unspecified atom stereocenters. The summed E-state index contributed by atoms with van der Waals surface area (Å²) in [4.78, 5) is 7.74. The highest BCUT2D eigenvalue weighted by Crippen LogP contribution is 2.22. The lowest BCUT2D eigenvalue weighted by atomic mass is 10.3. The van der Waals surface area contributed by atoms with Gasteiger partial charge >= 0.3 is 0 Å². The number of rotatable bonds is 3. The monoisotopic (exact) mass is 237 g/mol. The van der Waals surface area contributed by atoms with E-state index in [-0.39, 0.29) is 11.6 Å². The number of benzene rings is 1. The molecule has 0 amide bonds. The van der Waals surface area contributed by atoms with E-state index < -0.39 is 11.6 Å². The molecule has 0 spiro atoms. The van der Waals surface area contributed by atoms with Gasteiger partial charge in [-0.15, -0.1) is 0 Å². The number of hydrogen-bond acceptors (Lipinski definition) is 4. The number of halogens is 2. The van der Waals surface area contributed by atoms with Gasteiger partial charge in [0, 0.05) is 19.2 Å². The first-order valence-corrected chi connectivity index (χ1v) is 4.82. The predicted octanol–water partition coefficient (Wildman–Crippen LogP) is 2.59. The molecule has 1 aromatic carbocycles. The molecule has 0 radical (unpaired) electrons. The standard InChI is InChI=1S/C11H9F2N3O/c1-14-10-5-11(16-6-15-10)17-7-2-3-8(12)9(13)4-7/h2-6H,1H3,(H,14,15,16). The zero-order valence-electron chi connectivity index (χ0n) is 8.95. The molecule has 6 heteroatoms. The van der Waals surface area contributed by atoms with Crippen LogP contribution >= 0.6 is 0 Å². The van der Waals surface area contributed by atoms with Crippen molar-refractivity contribution in [2.45, 2.75) is 0 Å². The van der Waals surface area contributed by atoms with Crippen LogP contribution in [0.2, 0.25) is 0 Å². The van der Waals surface area contributed by atoms with Crippen LogP contribution in [0.15, 0.2) is 30.6 Å². The van der Waals surface area contributed by atoms with E-state index in [9.17, 15) is 8.78 Å². The van der Waals surface area contributed by atoms with Crippen molar-refractivity contribution in [1.29, 1.82) is 0 Å². The van der Waals surface area contributed by atoms with Gasteiger partial charge in [0.1, 0.15) is 17.9 Å². The van der Waals surface area contributed by atoms with Crippen molar-refractivity contribution in [3.8, 4) is 11.6 Å². The molecule has 0 fully saturated rings. The van der Waals surface area contributed by atoms with Gasteiger partial charge in [0.2, 0.25) is 5.88 Å². The third-order valence-corrected chi connectivity index (χ3v) is 2.01. The highest BCUT2D eigenvalue weighted by atomic mass is 19.2. The number of ether oxygens (including phenoxy) is 1. The lowest BCUT2D eigenvalue weighted by Crippen LogP contribution is -1.95. The molecular weight excluding hydrogens is 228 g/mol. The van der Waals surface area contributed by atoms with E-state index in [1.165, 1.54) is 12.4 Å². The number of nitrogens with one attached hydrogen (secondary N) is 1. The summed E-state index contributed by atoms with van der Waals surface area (Å²) >= 11 is 0. The van der Waals surface area contributed by atoms with E-state index in [2.05, 4.69) is 15.3 Å². The van der Waals surface area contributed by atoms with Gasteiger partial charge in [-0.05, 0) is 12.1 Å². The molecule has 2 rings (SSSR count). The van der Waals surface area contributed by atoms with Crippen molar-refractivity contribution in [3.63, 3.8) is 0 Å². The molecule has 1 N–H and O–H groups in total. The fourth-order valence-electron chi connectivity index (χ4n) is 1.19. The molecular formula is C11H9F2N3O. The van der Waals surface area contributed by atoms with Crippen molar-refractivity contribution in [2.75, 3.05) is 12.4 Å².